The Kier molecular flexibility index (Phi) is 3.60. The zero-order valence-electron chi connectivity index (χ0n) is 9.71. The van der Waals surface area contributed by atoms with Gasteiger partial charge < -0.3 is 5.73 Å². The quantitative estimate of drug-likeness (QED) is 0.664. The number of anilines is 1. The molecule has 0 unspecified atom stereocenters. The van der Waals surface area contributed by atoms with Crippen LogP contribution in [0.3, 0.4) is 0 Å². The van der Waals surface area contributed by atoms with Crippen molar-refractivity contribution in [2.45, 2.75) is 6.92 Å². The number of halogens is 2. The molecule has 4 heteroatoms. The minimum atomic E-state index is -0.161. The molecule has 0 heterocycles. The third-order valence-corrected chi connectivity index (χ3v) is 3.55. The first kappa shape index (κ1) is 12.9. The van der Waals surface area contributed by atoms with Gasteiger partial charge in [-0.25, -0.2) is 0 Å². The van der Waals surface area contributed by atoms with E-state index in [9.17, 15) is 4.79 Å². The summed E-state index contributed by atoms with van der Waals surface area (Å²) in [6.07, 6.45) is 0. The van der Waals surface area contributed by atoms with E-state index in [4.69, 9.17) is 28.9 Å². The minimum Gasteiger partial charge on any atom is -0.399 e. The van der Waals surface area contributed by atoms with E-state index in [2.05, 4.69) is 0 Å². The van der Waals surface area contributed by atoms with Crippen LogP contribution in [0, 0.1) is 6.92 Å². The Morgan fingerprint density at radius 1 is 1.17 bits per heavy atom. The fraction of sp³-hybridized carbons (Fsp3) is 0.0714. The molecule has 0 aliphatic rings. The molecule has 0 atom stereocenters. The van der Waals surface area contributed by atoms with E-state index in [0.29, 0.717) is 21.8 Å². The highest BCUT2D eigenvalue weighted by Crippen LogP contribution is 2.27. The molecule has 0 saturated carbocycles. The van der Waals surface area contributed by atoms with Gasteiger partial charge in [0.25, 0.3) is 0 Å². The molecule has 2 aromatic rings. The number of nitrogens with two attached hydrogens (primary N) is 1. The zero-order valence-corrected chi connectivity index (χ0v) is 11.2. The van der Waals surface area contributed by atoms with Gasteiger partial charge in [-0.2, -0.15) is 0 Å². The molecule has 0 bridgehead atoms. The summed E-state index contributed by atoms with van der Waals surface area (Å²) in [5.41, 5.74) is 8.18. The Bertz CT molecular complexity index is 623. The highest BCUT2D eigenvalue weighted by molar-refractivity contribution is 6.44. The van der Waals surface area contributed by atoms with Gasteiger partial charge in [0, 0.05) is 16.8 Å². The number of hydrogen-bond donors (Lipinski definition) is 1. The van der Waals surface area contributed by atoms with E-state index in [1.807, 2.05) is 6.92 Å². The normalized spacial score (nSPS) is 10.4. The molecule has 18 heavy (non-hydrogen) atoms. The van der Waals surface area contributed by atoms with Gasteiger partial charge in [-0.05, 0) is 42.8 Å². The largest absolute Gasteiger partial charge is 0.399 e. The lowest BCUT2D eigenvalue weighted by molar-refractivity contribution is 0.103. The summed E-state index contributed by atoms with van der Waals surface area (Å²) in [4.78, 5) is 12.3. The molecule has 2 aromatic carbocycles. The van der Waals surface area contributed by atoms with Gasteiger partial charge in [0.2, 0.25) is 0 Å². The number of rotatable bonds is 2. The topological polar surface area (TPSA) is 43.1 Å². The molecular formula is C14H11Cl2NO. The minimum absolute atomic E-state index is 0.161. The van der Waals surface area contributed by atoms with Crippen molar-refractivity contribution in [2.75, 3.05) is 5.73 Å². The van der Waals surface area contributed by atoms with E-state index in [0.717, 1.165) is 5.56 Å². The molecule has 92 valence electrons. The van der Waals surface area contributed by atoms with Crippen molar-refractivity contribution in [3.63, 3.8) is 0 Å². The molecule has 0 aliphatic carbocycles. The summed E-state index contributed by atoms with van der Waals surface area (Å²) in [7, 11) is 0. The molecule has 0 amide bonds. The van der Waals surface area contributed by atoms with Gasteiger partial charge >= 0.3 is 0 Å². The Hall–Kier alpha value is -1.51. The number of carbonyl (C=O) groups is 1. The summed E-state index contributed by atoms with van der Waals surface area (Å²) in [5, 5.41) is 0.647. The third-order valence-electron chi connectivity index (χ3n) is 2.73. The predicted molar refractivity (Wildman–Crippen MR) is 75.5 cm³/mol. The molecular weight excluding hydrogens is 269 g/mol. The molecule has 0 radical (unpaired) electrons. The first-order valence-corrected chi connectivity index (χ1v) is 6.11. The number of carbonyl (C=O) groups excluding carboxylic acids is 1. The number of benzene rings is 2. The van der Waals surface area contributed by atoms with Gasteiger partial charge in [-0.15, -0.1) is 0 Å². The first-order chi connectivity index (χ1) is 8.50. The molecule has 0 aromatic heterocycles. The van der Waals surface area contributed by atoms with E-state index in [1.165, 1.54) is 0 Å². The van der Waals surface area contributed by atoms with Crippen LogP contribution in [0.15, 0.2) is 36.4 Å². The van der Waals surface area contributed by atoms with Crippen molar-refractivity contribution in [3.8, 4) is 0 Å². The second-order valence-electron chi connectivity index (χ2n) is 4.00. The number of hydrogen-bond acceptors (Lipinski definition) is 2. The summed E-state index contributed by atoms with van der Waals surface area (Å²) in [6, 6.07) is 10.1. The van der Waals surface area contributed by atoms with Crippen molar-refractivity contribution in [1.82, 2.24) is 0 Å². The summed E-state index contributed by atoms with van der Waals surface area (Å²) < 4.78 is 0. The number of aryl methyl sites for hydroxylation is 1. The van der Waals surface area contributed by atoms with Crippen LogP contribution in [0.25, 0.3) is 0 Å². The summed E-state index contributed by atoms with van der Waals surface area (Å²) in [6.45, 7) is 1.85. The summed E-state index contributed by atoms with van der Waals surface area (Å²) in [5.74, 6) is -0.161. The lowest BCUT2D eigenvalue weighted by Crippen LogP contribution is -2.03. The van der Waals surface area contributed by atoms with Crippen LogP contribution in [0.5, 0.6) is 0 Å². The highest BCUT2D eigenvalue weighted by atomic mass is 35.5. The molecule has 0 spiro atoms. The second kappa shape index (κ2) is 5.01. The average molecular weight is 280 g/mol. The van der Waals surface area contributed by atoms with Crippen LogP contribution < -0.4 is 5.73 Å². The van der Waals surface area contributed by atoms with E-state index in [-0.39, 0.29) is 10.8 Å². The van der Waals surface area contributed by atoms with Crippen molar-refractivity contribution in [1.29, 1.82) is 0 Å². The summed E-state index contributed by atoms with van der Waals surface area (Å²) >= 11 is 11.9. The predicted octanol–water partition coefficient (Wildman–Crippen LogP) is 4.12. The number of nitrogen functional groups attached to an aromatic ring is 1. The SMILES string of the molecule is Cc1cc(C(=O)c2cccc(Cl)c2Cl)ccc1N. The third kappa shape index (κ3) is 2.35. The molecule has 0 fully saturated rings. The van der Waals surface area contributed by atoms with Gasteiger partial charge in [-0.1, -0.05) is 29.3 Å². The highest BCUT2D eigenvalue weighted by Gasteiger charge is 2.15. The van der Waals surface area contributed by atoms with Gasteiger partial charge in [0.1, 0.15) is 0 Å². The second-order valence-corrected chi connectivity index (χ2v) is 4.79. The van der Waals surface area contributed by atoms with Crippen molar-refractivity contribution >= 4 is 34.7 Å². The maximum Gasteiger partial charge on any atom is 0.194 e. The van der Waals surface area contributed by atoms with Crippen molar-refractivity contribution in [2.24, 2.45) is 0 Å². The van der Waals surface area contributed by atoms with Crippen LogP contribution in [0.1, 0.15) is 21.5 Å². The Labute approximate surface area is 115 Å². The Balaban J connectivity index is 2.48. The maximum atomic E-state index is 12.3. The van der Waals surface area contributed by atoms with E-state index in [1.54, 1.807) is 36.4 Å². The Morgan fingerprint density at radius 3 is 2.56 bits per heavy atom. The van der Waals surface area contributed by atoms with Crippen molar-refractivity contribution in [3.05, 3.63) is 63.1 Å². The first-order valence-electron chi connectivity index (χ1n) is 5.35. The number of ketones is 1. The molecule has 0 saturated heterocycles. The molecule has 2 rings (SSSR count). The molecule has 0 aliphatic heterocycles. The molecule has 2 nitrogen and oxygen atoms in total. The van der Waals surface area contributed by atoms with Crippen LogP contribution in [0.4, 0.5) is 5.69 Å². The van der Waals surface area contributed by atoms with Crippen molar-refractivity contribution < 1.29 is 4.79 Å². The average Bonchev–Trinajstić information content (AvgIpc) is 2.35. The van der Waals surface area contributed by atoms with E-state index >= 15 is 0 Å². The smallest absolute Gasteiger partial charge is 0.194 e. The van der Waals surface area contributed by atoms with Gasteiger partial charge in [-0.3, -0.25) is 4.79 Å². The fourth-order valence-corrected chi connectivity index (χ4v) is 2.04. The maximum absolute atomic E-state index is 12.3. The van der Waals surface area contributed by atoms with Crippen LogP contribution in [-0.4, -0.2) is 5.78 Å². The van der Waals surface area contributed by atoms with Gasteiger partial charge in [0.15, 0.2) is 5.78 Å². The van der Waals surface area contributed by atoms with Crippen LogP contribution >= 0.6 is 23.2 Å². The molecule has 2 N–H and O–H groups in total. The van der Waals surface area contributed by atoms with Crippen LogP contribution in [0.2, 0.25) is 10.0 Å². The standard InChI is InChI=1S/C14H11Cl2NO/c1-8-7-9(5-6-12(8)17)14(18)10-3-2-4-11(15)13(10)16/h2-7H,17H2,1H3. The van der Waals surface area contributed by atoms with Crippen LogP contribution in [-0.2, 0) is 0 Å². The zero-order chi connectivity index (χ0) is 13.3. The van der Waals surface area contributed by atoms with Gasteiger partial charge in [0.05, 0.1) is 10.0 Å². The fourth-order valence-electron chi connectivity index (χ4n) is 1.65. The lowest BCUT2D eigenvalue weighted by atomic mass is 10.0. The van der Waals surface area contributed by atoms with E-state index < -0.39 is 0 Å². The lowest BCUT2D eigenvalue weighted by Gasteiger charge is -2.07. The Morgan fingerprint density at radius 2 is 1.89 bits per heavy atom. The monoisotopic (exact) mass is 279 g/mol.